The van der Waals surface area contributed by atoms with Crippen molar-refractivity contribution in [1.29, 1.82) is 0 Å². The Morgan fingerprint density at radius 2 is 2.17 bits per heavy atom. The lowest BCUT2D eigenvalue weighted by atomic mass is 9.85. The van der Waals surface area contributed by atoms with Gasteiger partial charge in [0.25, 0.3) is 0 Å². The molecule has 1 fully saturated rings. The van der Waals surface area contributed by atoms with Gasteiger partial charge in [0, 0.05) is 18.2 Å². The highest BCUT2D eigenvalue weighted by Crippen LogP contribution is 2.25. The third kappa shape index (κ3) is 4.70. The molecule has 0 aromatic carbocycles. The van der Waals surface area contributed by atoms with Crippen LogP contribution >= 0.6 is 12.4 Å². The van der Waals surface area contributed by atoms with E-state index in [4.69, 9.17) is 10.5 Å². The minimum absolute atomic E-state index is 0. The number of hydrogen-bond acceptors (Lipinski definition) is 5. The number of hydrogen-bond donors (Lipinski definition) is 2. The maximum absolute atomic E-state index is 12.3. The average Bonchev–Trinajstić information content (AvgIpc) is 2.96. The van der Waals surface area contributed by atoms with Gasteiger partial charge in [-0.1, -0.05) is 6.42 Å². The Bertz CT molecular complexity index is 573. The fourth-order valence-corrected chi connectivity index (χ4v) is 2.80. The third-order valence-electron chi connectivity index (χ3n) is 4.28. The van der Waals surface area contributed by atoms with Gasteiger partial charge in [-0.2, -0.15) is 5.10 Å². The number of aromatic nitrogens is 2. The Hall–Kier alpha value is -1.60. The van der Waals surface area contributed by atoms with Crippen molar-refractivity contribution in [2.24, 2.45) is 11.7 Å². The number of anilines is 1. The fraction of sp³-hybridized carbons (Fsp3) is 0.688. The van der Waals surface area contributed by atoms with Crippen LogP contribution in [0.4, 0.5) is 5.69 Å². The molecule has 8 heteroatoms. The summed E-state index contributed by atoms with van der Waals surface area (Å²) in [4.78, 5) is 24.3. The molecule has 0 radical (unpaired) electrons. The second-order valence-corrected chi connectivity index (χ2v) is 6.57. The van der Waals surface area contributed by atoms with E-state index >= 15 is 0 Å². The van der Waals surface area contributed by atoms with Gasteiger partial charge in [0.15, 0.2) is 5.54 Å². The van der Waals surface area contributed by atoms with Gasteiger partial charge in [-0.15, -0.1) is 12.4 Å². The number of carbonyl (C=O) groups excluding carboxylic acids is 2. The summed E-state index contributed by atoms with van der Waals surface area (Å²) in [5.74, 6) is -0.451. The molecule has 0 spiro atoms. The van der Waals surface area contributed by atoms with Crippen LogP contribution in [0.25, 0.3) is 0 Å². The summed E-state index contributed by atoms with van der Waals surface area (Å²) < 4.78 is 6.56. The maximum Gasteiger partial charge on any atom is 0.333 e. The molecule has 2 atom stereocenters. The van der Waals surface area contributed by atoms with Crippen LogP contribution in [0.3, 0.4) is 0 Å². The molecule has 136 valence electrons. The number of nitrogens with two attached hydrogens (primary N) is 1. The average molecular weight is 359 g/mol. The molecule has 1 amide bonds. The molecule has 1 aromatic rings. The second-order valence-electron chi connectivity index (χ2n) is 6.57. The molecular weight excluding hydrogens is 332 g/mol. The van der Waals surface area contributed by atoms with E-state index in [0.29, 0.717) is 18.7 Å². The van der Waals surface area contributed by atoms with Crippen LogP contribution in [0.5, 0.6) is 0 Å². The van der Waals surface area contributed by atoms with E-state index < -0.39 is 5.54 Å². The standard InChI is InChI=1S/C16H26N4O3.ClH/c1-4-23-15(22)16(2,3)20-10-13(9-18-20)19-14(21)11-6-5-7-12(17)8-11;/h9-12H,4-8,17H2,1-3H3,(H,19,21);1H. The number of halogens is 1. The van der Waals surface area contributed by atoms with E-state index in [1.54, 1.807) is 33.2 Å². The summed E-state index contributed by atoms with van der Waals surface area (Å²) in [5, 5.41) is 7.05. The lowest BCUT2D eigenvalue weighted by molar-refractivity contribution is -0.152. The Morgan fingerprint density at radius 1 is 1.46 bits per heavy atom. The van der Waals surface area contributed by atoms with Crippen molar-refractivity contribution >= 4 is 30.0 Å². The zero-order chi connectivity index (χ0) is 17.0. The van der Waals surface area contributed by atoms with Crippen LogP contribution in [0.15, 0.2) is 12.4 Å². The van der Waals surface area contributed by atoms with Crippen LogP contribution < -0.4 is 11.1 Å². The summed E-state index contributed by atoms with van der Waals surface area (Å²) in [6, 6.07) is 0.102. The molecule has 1 aliphatic carbocycles. The summed E-state index contributed by atoms with van der Waals surface area (Å²) in [5.41, 5.74) is 5.58. The van der Waals surface area contributed by atoms with Crippen LogP contribution in [0.2, 0.25) is 0 Å². The van der Waals surface area contributed by atoms with E-state index in [0.717, 1.165) is 19.3 Å². The van der Waals surface area contributed by atoms with Crippen molar-refractivity contribution in [3.8, 4) is 0 Å². The van der Waals surface area contributed by atoms with Gasteiger partial charge in [-0.25, -0.2) is 4.79 Å². The van der Waals surface area contributed by atoms with E-state index in [9.17, 15) is 9.59 Å². The number of esters is 1. The molecule has 1 aliphatic rings. The number of carbonyl (C=O) groups is 2. The van der Waals surface area contributed by atoms with Crippen molar-refractivity contribution in [3.05, 3.63) is 12.4 Å². The van der Waals surface area contributed by atoms with Gasteiger partial charge in [0.1, 0.15) is 0 Å². The number of ether oxygens (including phenoxy) is 1. The molecule has 24 heavy (non-hydrogen) atoms. The lowest BCUT2D eigenvalue weighted by Crippen LogP contribution is -2.37. The number of nitrogens with zero attached hydrogens (tertiary/aromatic N) is 2. The quantitative estimate of drug-likeness (QED) is 0.785. The zero-order valence-corrected chi connectivity index (χ0v) is 15.3. The molecule has 7 nitrogen and oxygen atoms in total. The Morgan fingerprint density at radius 3 is 2.79 bits per heavy atom. The van der Waals surface area contributed by atoms with Crippen molar-refractivity contribution in [2.45, 2.75) is 58.0 Å². The Balaban J connectivity index is 0.00000288. The predicted molar refractivity (Wildman–Crippen MR) is 94.0 cm³/mol. The molecule has 0 saturated heterocycles. The van der Waals surface area contributed by atoms with Crippen molar-refractivity contribution in [3.63, 3.8) is 0 Å². The molecule has 1 heterocycles. The highest BCUT2D eigenvalue weighted by molar-refractivity contribution is 5.92. The maximum atomic E-state index is 12.3. The molecule has 0 aliphatic heterocycles. The fourth-order valence-electron chi connectivity index (χ4n) is 2.80. The molecule has 2 unspecified atom stereocenters. The number of nitrogens with one attached hydrogen (secondary N) is 1. The predicted octanol–water partition coefficient (Wildman–Crippen LogP) is 2.06. The molecular formula is C16H27ClN4O3. The first kappa shape index (κ1) is 20.4. The van der Waals surface area contributed by atoms with Crippen LogP contribution in [-0.2, 0) is 19.9 Å². The van der Waals surface area contributed by atoms with E-state index in [1.165, 1.54) is 4.68 Å². The number of rotatable bonds is 5. The molecule has 0 bridgehead atoms. The molecule has 1 aromatic heterocycles. The lowest BCUT2D eigenvalue weighted by Gasteiger charge is -2.25. The SMILES string of the molecule is CCOC(=O)C(C)(C)n1cc(NC(=O)C2CCCC(N)C2)cn1.Cl. The smallest absolute Gasteiger partial charge is 0.333 e. The number of amides is 1. The Kier molecular flexibility index (Phi) is 7.23. The van der Waals surface area contributed by atoms with E-state index in [2.05, 4.69) is 10.4 Å². The second kappa shape index (κ2) is 8.48. The van der Waals surface area contributed by atoms with Crippen LogP contribution in [0, 0.1) is 5.92 Å². The summed E-state index contributed by atoms with van der Waals surface area (Å²) in [7, 11) is 0. The summed E-state index contributed by atoms with van der Waals surface area (Å²) in [6.07, 6.45) is 6.74. The molecule has 1 saturated carbocycles. The summed E-state index contributed by atoms with van der Waals surface area (Å²) >= 11 is 0. The highest BCUT2D eigenvalue weighted by Gasteiger charge is 2.32. The topological polar surface area (TPSA) is 99.2 Å². The van der Waals surface area contributed by atoms with E-state index in [-0.39, 0.29) is 36.2 Å². The Labute approximate surface area is 148 Å². The highest BCUT2D eigenvalue weighted by atomic mass is 35.5. The zero-order valence-electron chi connectivity index (χ0n) is 14.4. The minimum Gasteiger partial charge on any atom is -0.464 e. The van der Waals surface area contributed by atoms with Gasteiger partial charge >= 0.3 is 5.97 Å². The van der Waals surface area contributed by atoms with Gasteiger partial charge in [0.2, 0.25) is 5.91 Å². The van der Waals surface area contributed by atoms with Gasteiger partial charge < -0.3 is 15.8 Å². The van der Waals surface area contributed by atoms with Gasteiger partial charge in [-0.3, -0.25) is 9.48 Å². The first-order valence-corrected chi connectivity index (χ1v) is 8.13. The van der Waals surface area contributed by atoms with Gasteiger partial charge in [-0.05, 0) is 40.0 Å². The van der Waals surface area contributed by atoms with Crippen molar-refractivity contribution < 1.29 is 14.3 Å². The largest absolute Gasteiger partial charge is 0.464 e. The van der Waals surface area contributed by atoms with E-state index in [1.807, 2.05) is 0 Å². The first-order valence-electron chi connectivity index (χ1n) is 8.13. The monoisotopic (exact) mass is 358 g/mol. The summed E-state index contributed by atoms with van der Waals surface area (Å²) in [6.45, 7) is 5.53. The molecule has 2 rings (SSSR count). The molecule has 3 N–H and O–H groups in total. The van der Waals surface area contributed by atoms with Gasteiger partial charge in [0.05, 0.1) is 18.5 Å². The van der Waals surface area contributed by atoms with Crippen molar-refractivity contribution in [1.82, 2.24) is 9.78 Å². The third-order valence-corrected chi connectivity index (χ3v) is 4.28. The van der Waals surface area contributed by atoms with Crippen LogP contribution in [-0.4, -0.2) is 34.3 Å². The first-order chi connectivity index (χ1) is 10.8. The van der Waals surface area contributed by atoms with Crippen molar-refractivity contribution in [2.75, 3.05) is 11.9 Å². The van der Waals surface area contributed by atoms with Crippen LogP contribution in [0.1, 0.15) is 46.5 Å². The normalized spacial score (nSPS) is 20.8. The minimum atomic E-state index is -0.924.